The normalized spacial score (nSPS) is 15.9. The zero-order valence-corrected chi connectivity index (χ0v) is 22.1. The molecule has 1 radical (unpaired) electrons. The highest BCUT2D eigenvalue weighted by Gasteiger charge is 2.26. The molecule has 2 heterocycles. The maximum Gasteiger partial charge on any atom is 0.159 e. The summed E-state index contributed by atoms with van der Waals surface area (Å²) >= 11 is 0. The van der Waals surface area contributed by atoms with Crippen LogP contribution in [0, 0.1) is 19.4 Å². The van der Waals surface area contributed by atoms with Gasteiger partial charge in [0.2, 0.25) is 0 Å². The predicted molar refractivity (Wildman–Crippen MR) is 148 cm³/mol. The van der Waals surface area contributed by atoms with E-state index in [4.69, 9.17) is 5.53 Å². The molecule has 2 aliphatic rings. The van der Waals surface area contributed by atoms with Crippen LogP contribution in [0.1, 0.15) is 66.7 Å². The molecule has 5 rings (SSSR count). The minimum atomic E-state index is -0.105. The lowest BCUT2D eigenvalue weighted by Crippen LogP contribution is -2.21. The minimum Gasteiger partial charge on any atom is -0.386 e. The van der Waals surface area contributed by atoms with E-state index in [0.717, 1.165) is 66.4 Å². The molecule has 1 unspecified atom stereocenters. The fraction of sp³-hybridized carbons (Fsp3) is 0.400. The van der Waals surface area contributed by atoms with Gasteiger partial charge in [-0.15, -0.1) is 0 Å². The number of aromatic nitrogens is 2. The Balaban J connectivity index is 0.00000336. The molecule has 2 aromatic carbocycles. The van der Waals surface area contributed by atoms with Gasteiger partial charge >= 0.3 is 0 Å². The van der Waals surface area contributed by atoms with Crippen molar-refractivity contribution in [2.24, 2.45) is 5.11 Å². The summed E-state index contributed by atoms with van der Waals surface area (Å²) in [6.45, 7) is 8.07. The van der Waals surface area contributed by atoms with Crippen LogP contribution in [0.3, 0.4) is 0 Å². The number of nitrogens with one attached hydrogen (secondary N) is 2. The third-order valence-electron chi connectivity index (χ3n) is 7.87. The van der Waals surface area contributed by atoms with Crippen molar-refractivity contribution in [1.29, 1.82) is 5.53 Å². The molecule has 0 amide bonds. The molecule has 7 nitrogen and oxygen atoms in total. The minimum absolute atomic E-state index is 0. The first kappa shape index (κ1) is 25.1. The van der Waals surface area contributed by atoms with E-state index >= 15 is 0 Å². The molecule has 1 atom stereocenters. The molecule has 1 aliphatic heterocycles. The number of hydrogen-bond acceptors (Lipinski definition) is 6. The van der Waals surface area contributed by atoms with Crippen LogP contribution in [0.25, 0.3) is 0 Å². The van der Waals surface area contributed by atoms with Crippen LogP contribution in [0.15, 0.2) is 59.5 Å². The molecule has 37 heavy (non-hydrogen) atoms. The molecule has 0 spiro atoms. The van der Waals surface area contributed by atoms with Crippen molar-refractivity contribution in [3.05, 3.63) is 88.0 Å². The van der Waals surface area contributed by atoms with Crippen molar-refractivity contribution in [1.82, 2.24) is 14.5 Å². The average molecular weight is 498 g/mol. The van der Waals surface area contributed by atoms with Crippen molar-refractivity contribution in [2.45, 2.75) is 58.5 Å². The van der Waals surface area contributed by atoms with Crippen molar-refractivity contribution in [2.75, 3.05) is 25.5 Å². The second kappa shape index (κ2) is 10.8. The van der Waals surface area contributed by atoms with Crippen molar-refractivity contribution in [3.63, 3.8) is 0 Å². The number of imidazole rings is 1. The van der Waals surface area contributed by atoms with Gasteiger partial charge in [0.25, 0.3) is 0 Å². The van der Waals surface area contributed by atoms with Crippen LogP contribution in [0.4, 0.5) is 11.4 Å². The van der Waals surface area contributed by atoms with Crippen LogP contribution in [0.5, 0.6) is 0 Å². The smallest absolute Gasteiger partial charge is 0.159 e. The quantitative estimate of drug-likeness (QED) is 0.301. The lowest BCUT2D eigenvalue weighted by Gasteiger charge is -2.23. The van der Waals surface area contributed by atoms with E-state index in [1.165, 1.54) is 24.0 Å². The van der Waals surface area contributed by atoms with E-state index in [1.54, 1.807) is 0 Å². The van der Waals surface area contributed by atoms with E-state index in [9.17, 15) is 4.79 Å². The molecule has 0 bridgehead atoms. The summed E-state index contributed by atoms with van der Waals surface area (Å²) in [6.07, 6.45) is 9.72. The second-order valence-electron chi connectivity index (χ2n) is 10.3. The summed E-state index contributed by atoms with van der Waals surface area (Å²) in [5, 5.41) is 6.95. The number of carbonyl (C=O) groups is 1. The van der Waals surface area contributed by atoms with Gasteiger partial charge in [-0.2, -0.15) is 5.11 Å². The predicted octanol–water partition coefficient (Wildman–Crippen LogP) is 6.38. The van der Waals surface area contributed by atoms with Crippen molar-refractivity contribution < 1.29 is 6.22 Å². The number of nitrogens with zero attached hydrogens (tertiary/aromatic N) is 4. The second-order valence-corrected chi connectivity index (χ2v) is 10.3. The van der Waals surface area contributed by atoms with E-state index in [2.05, 4.69) is 62.3 Å². The number of likely N-dealkylation sites (tertiary alicyclic amines) is 1. The van der Waals surface area contributed by atoms with Gasteiger partial charge in [-0.05, 0) is 85.7 Å². The molecular weight excluding hydrogens is 460 g/mol. The van der Waals surface area contributed by atoms with Crippen LogP contribution >= 0.6 is 0 Å². The van der Waals surface area contributed by atoms with Crippen molar-refractivity contribution >= 4 is 17.2 Å². The monoisotopic (exact) mass is 497 g/mol. The number of anilines is 1. The number of allylic oxidation sites excluding steroid dienone is 2. The molecule has 7 heteroatoms. The Hall–Kier alpha value is -3.58. The van der Waals surface area contributed by atoms with Crippen LogP contribution < -0.4 is 5.32 Å². The van der Waals surface area contributed by atoms with E-state index in [0.29, 0.717) is 12.1 Å². The molecule has 1 aromatic heterocycles. The number of aryl methyl sites for hydroxylation is 1. The largest absolute Gasteiger partial charge is 0.386 e. The maximum atomic E-state index is 13.0. The number of hydrogen-bond donors (Lipinski definition) is 2. The first-order valence-electron chi connectivity index (χ1n) is 13.2. The summed E-state index contributed by atoms with van der Waals surface area (Å²) in [5.74, 6) is 1.20. The molecule has 0 saturated carbocycles. The molecule has 2 N–H and O–H groups in total. The van der Waals surface area contributed by atoms with E-state index in [1.807, 2.05) is 32.3 Å². The SMILES string of the molecule is CNc1ccc(C(CC(=O)C2=CC2)c2ccc(C)c(Cn3ccnc3CN3CCCC3)c2)c(C)c1N=N.[H]. The lowest BCUT2D eigenvalue weighted by molar-refractivity contribution is -0.115. The Labute approximate surface area is 220 Å². The third kappa shape index (κ3) is 5.42. The average Bonchev–Trinajstić information content (AvgIpc) is 3.47. The van der Waals surface area contributed by atoms with Gasteiger partial charge in [0.05, 0.1) is 12.2 Å². The number of rotatable bonds is 11. The number of Topliss-reactive ketones (excluding diaryl/α,β-unsaturated/α-hetero) is 1. The van der Waals surface area contributed by atoms with Crippen LogP contribution in [-0.4, -0.2) is 40.4 Å². The highest BCUT2D eigenvalue weighted by Crippen LogP contribution is 2.40. The molecular formula is C30H37N6O. The number of ketones is 1. The first-order chi connectivity index (χ1) is 18.0. The van der Waals surface area contributed by atoms with Gasteiger partial charge in [-0.3, -0.25) is 9.69 Å². The fourth-order valence-electron chi connectivity index (χ4n) is 5.48. The standard InChI is InChI=1S/C30H36N6O.H/c1-20-6-7-23(16-24(20)18-36-15-12-33-29(36)19-35-13-4-5-14-35)26(17-28(37)22-8-9-22)25-10-11-27(32-3)30(34-31)21(25)2;/h6-8,10-12,15-16,26,31-32H,4-5,9,13-14,17-19H2,1-3H3;. The van der Waals surface area contributed by atoms with Crippen LogP contribution in [-0.2, 0) is 17.9 Å². The van der Waals surface area contributed by atoms with Gasteiger partial charge in [0, 0.05) is 39.8 Å². The van der Waals surface area contributed by atoms with E-state index in [-0.39, 0.29) is 13.1 Å². The lowest BCUT2D eigenvalue weighted by atomic mass is 9.82. The maximum absolute atomic E-state index is 13.0. The Kier molecular flexibility index (Phi) is 7.33. The molecule has 3 aromatic rings. The van der Waals surface area contributed by atoms with E-state index < -0.39 is 0 Å². The molecule has 1 fully saturated rings. The highest BCUT2D eigenvalue weighted by atomic mass is 16.1. The third-order valence-corrected chi connectivity index (χ3v) is 7.87. The summed E-state index contributed by atoms with van der Waals surface area (Å²) < 4.78 is 2.25. The topological polar surface area (TPSA) is 86.4 Å². The molecule has 1 saturated heterocycles. The summed E-state index contributed by atoms with van der Waals surface area (Å²) in [4.78, 5) is 20.1. The highest BCUT2D eigenvalue weighted by molar-refractivity contribution is 6.00. The van der Waals surface area contributed by atoms with Gasteiger partial charge in [0.1, 0.15) is 11.5 Å². The van der Waals surface area contributed by atoms with Gasteiger partial charge < -0.3 is 9.88 Å². The Morgan fingerprint density at radius 2 is 1.97 bits per heavy atom. The van der Waals surface area contributed by atoms with Crippen LogP contribution in [0.2, 0.25) is 0 Å². The van der Waals surface area contributed by atoms with Gasteiger partial charge in [0.15, 0.2) is 5.78 Å². The Morgan fingerprint density at radius 3 is 2.68 bits per heavy atom. The number of carbonyl (C=O) groups excluding carboxylic acids is 1. The zero-order valence-electron chi connectivity index (χ0n) is 23.1. The zero-order chi connectivity index (χ0) is 25.9. The molecule has 193 valence electrons. The number of benzene rings is 2. The first-order valence-corrected chi connectivity index (χ1v) is 13.2. The van der Waals surface area contributed by atoms with Crippen molar-refractivity contribution in [3.8, 4) is 0 Å². The van der Waals surface area contributed by atoms with Gasteiger partial charge in [-0.25, -0.2) is 10.5 Å². The Morgan fingerprint density at radius 1 is 1.19 bits per heavy atom. The fourth-order valence-corrected chi connectivity index (χ4v) is 5.48. The Bertz CT molecular complexity index is 1350. The summed E-state index contributed by atoms with van der Waals surface area (Å²) in [5.41, 5.74) is 15.7. The summed E-state index contributed by atoms with van der Waals surface area (Å²) in [6, 6.07) is 10.6. The van der Waals surface area contributed by atoms with Gasteiger partial charge in [-0.1, -0.05) is 30.3 Å². The summed E-state index contributed by atoms with van der Waals surface area (Å²) in [7, 11) is 1.84. The molecule has 1 aliphatic carbocycles.